The molecule has 0 aliphatic carbocycles. The number of nitrogens with zero attached hydrogens (tertiary/aromatic N) is 1. The van der Waals surface area contributed by atoms with Gasteiger partial charge in [-0.1, -0.05) is 56.3 Å². The van der Waals surface area contributed by atoms with Crippen LogP contribution in [0.15, 0.2) is 66.0 Å². The molecule has 0 fully saturated rings. The Morgan fingerprint density at radius 2 is 1.52 bits per heavy atom. The number of benzene rings is 2. The fraction of sp³-hybridized carbons (Fsp3) is 0.240. The van der Waals surface area contributed by atoms with Gasteiger partial charge in [-0.2, -0.15) is 0 Å². The highest BCUT2D eigenvalue weighted by atomic mass is 32.1. The van der Waals surface area contributed by atoms with Gasteiger partial charge in [-0.3, -0.25) is 19.3 Å². The Bertz CT molecular complexity index is 1070. The number of nitrogens with one attached hydrogen (secondary N) is 1. The summed E-state index contributed by atoms with van der Waals surface area (Å²) in [5.41, 5.74) is 3.04. The predicted molar refractivity (Wildman–Crippen MR) is 121 cm³/mol. The van der Waals surface area contributed by atoms with E-state index < -0.39 is 0 Å². The van der Waals surface area contributed by atoms with Crippen LogP contribution in [0.1, 0.15) is 68.9 Å². The van der Waals surface area contributed by atoms with E-state index in [4.69, 9.17) is 0 Å². The smallest absolute Gasteiger partial charge is 0.261 e. The summed E-state index contributed by atoms with van der Waals surface area (Å²) in [6.07, 6.45) is 0.0530. The number of amides is 3. The highest BCUT2D eigenvalue weighted by Gasteiger charge is 2.35. The van der Waals surface area contributed by atoms with E-state index in [1.54, 1.807) is 35.6 Å². The van der Waals surface area contributed by atoms with E-state index in [0.29, 0.717) is 17.0 Å². The summed E-state index contributed by atoms with van der Waals surface area (Å²) in [4.78, 5) is 40.0. The average Bonchev–Trinajstić information content (AvgIpc) is 3.39. The number of hydrogen-bond acceptors (Lipinski definition) is 4. The second kappa shape index (κ2) is 8.86. The third-order valence-corrected chi connectivity index (χ3v) is 6.45. The van der Waals surface area contributed by atoms with Crippen LogP contribution in [0.4, 0.5) is 0 Å². The van der Waals surface area contributed by atoms with Gasteiger partial charge in [-0.05, 0) is 40.6 Å². The van der Waals surface area contributed by atoms with Gasteiger partial charge in [-0.15, -0.1) is 11.3 Å². The predicted octanol–water partition coefficient (Wildman–Crippen LogP) is 4.76. The van der Waals surface area contributed by atoms with Crippen LogP contribution in [-0.4, -0.2) is 29.2 Å². The Labute approximate surface area is 185 Å². The molecule has 0 spiro atoms. The molecular formula is C25H24N2O3S. The van der Waals surface area contributed by atoms with Gasteiger partial charge >= 0.3 is 0 Å². The van der Waals surface area contributed by atoms with Gasteiger partial charge < -0.3 is 5.32 Å². The van der Waals surface area contributed by atoms with Gasteiger partial charge in [0.1, 0.15) is 0 Å². The second-order valence-corrected chi connectivity index (χ2v) is 8.87. The minimum atomic E-state index is -0.340. The van der Waals surface area contributed by atoms with Gasteiger partial charge in [0.15, 0.2) is 0 Å². The molecule has 2 aromatic carbocycles. The van der Waals surface area contributed by atoms with Crippen molar-refractivity contribution in [3.05, 3.63) is 93.2 Å². The Balaban J connectivity index is 1.45. The topological polar surface area (TPSA) is 66.5 Å². The van der Waals surface area contributed by atoms with Crippen LogP contribution in [0, 0.1) is 0 Å². The van der Waals surface area contributed by atoms with E-state index in [9.17, 15) is 14.4 Å². The Morgan fingerprint density at radius 1 is 0.903 bits per heavy atom. The minimum absolute atomic E-state index is 0.0530. The molecule has 3 aromatic rings. The van der Waals surface area contributed by atoms with Crippen LogP contribution < -0.4 is 5.32 Å². The van der Waals surface area contributed by atoms with Crippen molar-refractivity contribution < 1.29 is 14.4 Å². The van der Waals surface area contributed by atoms with Crippen molar-refractivity contribution in [2.45, 2.75) is 32.2 Å². The van der Waals surface area contributed by atoms with Crippen molar-refractivity contribution in [2.24, 2.45) is 0 Å². The first-order valence-corrected chi connectivity index (χ1v) is 11.2. The van der Waals surface area contributed by atoms with E-state index in [1.165, 1.54) is 5.56 Å². The van der Waals surface area contributed by atoms with E-state index in [2.05, 4.69) is 31.3 Å². The standard InChI is InChI=1S/C25H24N2O3S/c1-16(2)17-9-11-18(12-10-17)23(21-8-5-15-31-21)26-22(28)13-14-27-24(29)19-6-3-4-7-20(19)25(27)30/h3-12,15-16,23H,13-14H2,1-2H3,(H,26,28). The molecule has 0 saturated carbocycles. The molecule has 0 bridgehead atoms. The first-order valence-electron chi connectivity index (χ1n) is 10.3. The number of carbonyl (C=O) groups excluding carboxylic acids is 3. The zero-order valence-electron chi connectivity index (χ0n) is 17.5. The molecule has 1 atom stereocenters. The molecule has 1 aliphatic heterocycles. The largest absolute Gasteiger partial charge is 0.344 e. The van der Waals surface area contributed by atoms with Crippen LogP contribution in [0.5, 0.6) is 0 Å². The molecule has 1 aromatic heterocycles. The molecule has 1 unspecified atom stereocenters. The first-order chi connectivity index (χ1) is 15.0. The van der Waals surface area contributed by atoms with E-state index in [-0.39, 0.29) is 36.7 Å². The number of imide groups is 1. The number of fused-ring (bicyclic) bond motifs is 1. The van der Waals surface area contributed by atoms with Crippen LogP contribution in [0.3, 0.4) is 0 Å². The Morgan fingerprint density at radius 3 is 2.06 bits per heavy atom. The van der Waals surface area contributed by atoms with Crippen molar-refractivity contribution in [3.8, 4) is 0 Å². The maximum atomic E-state index is 12.8. The maximum absolute atomic E-state index is 12.8. The van der Waals surface area contributed by atoms with Gasteiger partial charge in [-0.25, -0.2) is 0 Å². The summed E-state index contributed by atoms with van der Waals surface area (Å²) < 4.78 is 0. The summed E-state index contributed by atoms with van der Waals surface area (Å²) in [5, 5.41) is 5.06. The first kappa shape index (κ1) is 21.0. The Kier molecular flexibility index (Phi) is 6.00. The SMILES string of the molecule is CC(C)c1ccc(C(NC(=O)CCN2C(=O)c3ccccc3C2=O)c2cccs2)cc1. The van der Waals surface area contributed by atoms with Gasteiger partial charge in [0, 0.05) is 17.8 Å². The van der Waals surface area contributed by atoms with E-state index in [0.717, 1.165) is 15.3 Å². The molecule has 1 N–H and O–H groups in total. The quantitative estimate of drug-likeness (QED) is 0.547. The fourth-order valence-corrected chi connectivity index (χ4v) is 4.54. The van der Waals surface area contributed by atoms with E-state index >= 15 is 0 Å². The number of hydrogen-bond donors (Lipinski definition) is 1. The van der Waals surface area contributed by atoms with Crippen molar-refractivity contribution in [2.75, 3.05) is 6.54 Å². The number of rotatable bonds is 7. The van der Waals surface area contributed by atoms with Crippen molar-refractivity contribution in [1.29, 1.82) is 0 Å². The Hall–Kier alpha value is -3.25. The summed E-state index contributed by atoms with van der Waals surface area (Å²) in [5.74, 6) is -0.452. The highest BCUT2D eigenvalue weighted by molar-refractivity contribution is 7.10. The van der Waals surface area contributed by atoms with Crippen LogP contribution >= 0.6 is 11.3 Å². The van der Waals surface area contributed by atoms with Gasteiger partial charge in [0.25, 0.3) is 11.8 Å². The van der Waals surface area contributed by atoms with Crippen LogP contribution in [-0.2, 0) is 4.79 Å². The fourth-order valence-electron chi connectivity index (χ4n) is 3.74. The molecule has 1 aliphatic rings. The molecule has 5 nitrogen and oxygen atoms in total. The lowest BCUT2D eigenvalue weighted by molar-refractivity contribution is -0.121. The molecule has 6 heteroatoms. The molecular weight excluding hydrogens is 408 g/mol. The third kappa shape index (κ3) is 4.30. The van der Waals surface area contributed by atoms with Crippen LogP contribution in [0.2, 0.25) is 0 Å². The summed E-state index contributed by atoms with van der Waals surface area (Å²) in [6, 6.07) is 18.7. The monoisotopic (exact) mass is 432 g/mol. The van der Waals surface area contributed by atoms with E-state index in [1.807, 2.05) is 29.6 Å². The minimum Gasteiger partial charge on any atom is -0.344 e. The summed E-state index contributed by atoms with van der Waals surface area (Å²) >= 11 is 1.58. The zero-order valence-corrected chi connectivity index (χ0v) is 18.3. The third-order valence-electron chi connectivity index (χ3n) is 5.51. The lowest BCUT2D eigenvalue weighted by Crippen LogP contribution is -2.35. The number of thiophene rings is 1. The maximum Gasteiger partial charge on any atom is 0.261 e. The average molecular weight is 433 g/mol. The molecule has 0 radical (unpaired) electrons. The molecule has 0 saturated heterocycles. The van der Waals surface area contributed by atoms with Gasteiger partial charge in [0.05, 0.1) is 17.2 Å². The van der Waals surface area contributed by atoms with Crippen molar-refractivity contribution in [3.63, 3.8) is 0 Å². The molecule has 158 valence electrons. The molecule has 4 rings (SSSR count). The van der Waals surface area contributed by atoms with Crippen molar-refractivity contribution in [1.82, 2.24) is 10.2 Å². The lowest BCUT2D eigenvalue weighted by atomic mass is 9.98. The van der Waals surface area contributed by atoms with Gasteiger partial charge in [0.2, 0.25) is 5.91 Å². The van der Waals surface area contributed by atoms with Crippen LogP contribution in [0.25, 0.3) is 0 Å². The summed E-state index contributed by atoms with van der Waals surface area (Å²) in [7, 11) is 0. The highest BCUT2D eigenvalue weighted by Crippen LogP contribution is 2.28. The molecule has 2 heterocycles. The number of carbonyl (C=O) groups is 3. The normalized spacial score (nSPS) is 14.1. The lowest BCUT2D eigenvalue weighted by Gasteiger charge is -2.20. The van der Waals surface area contributed by atoms with Crippen molar-refractivity contribution >= 4 is 29.1 Å². The zero-order chi connectivity index (χ0) is 22.0. The molecule has 3 amide bonds. The molecule has 31 heavy (non-hydrogen) atoms. The summed E-state index contributed by atoms with van der Waals surface area (Å²) in [6.45, 7) is 4.35. The second-order valence-electron chi connectivity index (χ2n) is 7.89.